The molecule has 0 saturated heterocycles. The Labute approximate surface area is 141 Å². The molecule has 25 heavy (non-hydrogen) atoms. The number of nitrogens with one attached hydrogen (secondary N) is 2. The summed E-state index contributed by atoms with van der Waals surface area (Å²) in [6, 6.07) is 6.01. The molecule has 124 valence electrons. The van der Waals surface area contributed by atoms with E-state index in [0.29, 0.717) is 23.9 Å². The number of hydrogen-bond donors (Lipinski definition) is 2. The van der Waals surface area contributed by atoms with Gasteiger partial charge in [-0.05, 0) is 18.2 Å². The van der Waals surface area contributed by atoms with Gasteiger partial charge in [-0.2, -0.15) is 10.1 Å². The maximum Gasteiger partial charge on any atom is 0.229 e. The van der Waals surface area contributed by atoms with E-state index in [1.807, 2.05) is 22.8 Å². The molecule has 4 aromatic rings. The predicted molar refractivity (Wildman–Crippen MR) is 89.9 cm³/mol. The van der Waals surface area contributed by atoms with Crippen LogP contribution in [0.5, 0.6) is 0 Å². The van der Waals surface area contributed by atoms with Crippen molar-refractivity contribution in [3.8, 4) is 5.69 Å². The maximum atomic E-state index is 5.27. The van der Waals surface area contributed by atoms with Crippen molar-refractivity contribution in [2.24, 2.45) is 0 Å². The van der Waals surface area contributed by atoms with Gasteiger partial charge in [0.15, 0.2) is 11.4 Å². The average molecular weight is 335 g/mol. The fourth-order valence-corrected chi connectivity index (χ4v) is 2.69. The number of rotatable bonds is 4. The van der Waals surface area contributed by atoms with Crippen LogP contribution in [-0.2, 0) is 9.47 Å². The van der Waals surface area contributed by atoms with Crippen LogP contribution in [0.1, 0.15) is 0 Å². The molecule has 2 N–H and O–H groups in total. The lowest BCUT2D eigenvalue weighted by molar-refractivity contribution is 0.0805. The number of anilines is 1. The minimum atomic E-state index is 0.250. The average Bonchev–Trinajstić information content (AvgIpc) is 3.38. The first-order valence-corrected chi connectivity index (χ1v) is 7.68. The molecule has 9 nitrogen and oxygen atoms in total. The summed E-state index contributed by atoms with van der Waals surface area (Å²) in [5.41, 5.74) is 3.33. The van der Waals surface area contributed by atoms with Crippen molar-refractivity contribution in [1.29, 1.82) is 0 Å². The van der Waals surface area contributed by atoms with E-state index in [1.54, 1.807) is 25.0 Å². The van der Waals surface area contributed by atoms with Gasteiger partial charge in [0.25, 0.3) is 0 Å². The number of imidazole rings is 1. The minimum absolute atomic E-state index is 0.250. The Balaban J connectivity index is 1.50. The Kier molecular flexibility index (Phi) is 3.02. The van der Waals surface area contributed by atoms with E-state index in [1.165, 1.54) is 0 Å². The second-order valence-corrected chi connectivity index (χ2v) is 5.53. The van der Waals surface area contributed by atoms with Crippen LogP contribution in [0.3, 0.4) is 0 Å². The minimum Gasteiger partial charge on any atom is -0.462 e. The third-order valence-corrected chi connectivity index (χ3v) is 3.94. The maximum absolute atomic E-state index is 5.27. The first-order valence-electron chi connectivity index (χ1n) is 7.68. The number of fused-ring (bicyclic) bond motifs is 2. The topological polar surface area (TPSA) is 103 Å². The molecule has 3 aromatic heterocycles. The van der Waals surface area contributed by atoms with Gasteiger partial charge in [0, 0.05) is 5.39 Å². The van der Waals surface area contributed by atoms with Gasteiger partial charge in [0.1, 0.15) is 18.1 Å². The lowest BCUT2D eigenvalue weighted by atomic mass is 10.2. The number of ether oxygens (including phenoxy) is 2. The molecule has 0 atom stereocenters. The van der Waals surface area contributed by atoms with Gasteiger partial charge in [-0.3, -0.25) is 9.67 Å². The molecule has 9 heteroatoms. The molecule has 5 rings (SSSR count). The van der Waals surface area contributed by atoms with Gasteiger partial charge in [-0.1, -0.05) is 0 Å². The van der Waals surface area contributed by atoms with Crippen molar-refractivity contribution in [3.05, 3.63) is 48.9 Å². The summed E-state index contributed by atoms with van der Waals surface area (Å²) < 4.78 is 12.2. The Morgan fingerprint density at radius 3 is 3.16 bits per heavy atom. The molecule has 0 amide bonds. The smallest absolute Gasteiger partial charge is 0.229 e. The van der Waals surface area contributed by atoms with E-state index >= 15 is 0 Å². The van der Waals surface area contributed by atoms with Gasteiger partial charge in [0.2, 0.25) is 12.7 Å². The molecule has 1 aliphatic rings. The van der Waals surface area contributed by atoms with E-state index in [0.717, 1.165) is 22.1 Å². The molecule has 4 heterocycles. The number of H-pyrrole nitrogens is 1. The largest absolute Gasteiger partial charge is 0.462 e. The lowest BCUT2D eigenvalue weighted by Gasteiger charge is -2.06. The SMILES string of the molecule is C1=C(CNc2ncc3ncn(-c4ccc5cn[nH]c5c4)c3n2)OCO1. The van der Waals surface area contributed by atoms with Crippen LogP contribution in [0.25, 0.3) is 27.8 Å². The molecule has 0 saturated carbocycles. The summed E-state index contributed by atoms with van der Waals surface area (Å²) in [6.45, 7) is 0.708. The Morgan fingerprint density at radius 2 is 2.24 bits per heavy atom. The third kappa shape index (κ3) is 2.42. The van der Waals surface area contributed by atoms with Crippen LogP contribution < -0.4 is 5.32 Å². The number of aromatic amines is 1. The zero-order valence-electron chi connectivity index (χ0n) is 13.0. The van der Waals surface area contributed by atoms with Crippen LogP contribution in [0, 0.1) is 0 Å². The van der Waals surface area contributed by atoms with Crippen molar-refractivity contribution in [1.82, 2.24) is 29.7 Å². The molecule has 0 bridgehead atoms. The van der Waals surface area contributed by atoms with Crippen molar-refractivity contribution in [2.75, 3.05) is 18.7 Å². The van der Waals surface area contributed by atoms with E-state index in [-0.39, 0.29) is 6.79 Å². The number of benzene rings is 1. The quantitative estimate of drug-likeness (QED) is 0.587. The van der Waals surface area contributed by atoms with Gasteiger partial charge >= 0.3 is 0 Å². The Bertz CT molecular complexity index is 1100. The highest BCUT2D eigenvalue weighted by Crippen LogP contribution is 2.20. The van der Waals surface area contributed by atoms with Crippen LogP contribution >= 0.6 is 0 Å². The molecule has 0 fully saturated rings. The van der Waals surface area contributed by atoms with E-state index in [4.69, 9.17) is 9.47 Å². The van der Waals surface area contributed by atoms with E-state index in [9.17, 15) is 0 Å². The zero-order chi connectivity index (χ0) is 16.6. The fraction of sp³-hybridized carbons (Fsp3) is 0.125. The number of aromatic nitrogens is 6. The molecular formula is C16H13N7O2. The molecule has 0 spiro atoms. The second kappa shape index (κ2) is 5.48. The molecule has 1 aliphatic heterocycles. The van der Waals surface area contributed by atoms with Gasteiger partial charge in [-0.25, -0.2) is 9.97 Å². The number of hydrogen-bond acceptors (Lipinski definition) is 7. The summed E-state index contributed by atoms with van der Waals surface area (Å²) >= 11 is 0. The van der Waals surface area contributed by atoms with Gasteiger partial charge < -0.3 is 14.8 Å². The number of nitrogens with zero attached hydrogens (tertiary/aromatic N) is 5. The Hall–Kier alpha value is -3.62. The molecule has 0 aliphatic carbocycles. The van der Waals surface area contributed by atoms with Gasteiger partial charge in [-0.15, -0.1) is 0 Å². The van der Waals surface area contributed by atoms with Crippen molar-refractivity contribution in [3.63, 3.8) is 0 Å². The fourth-order valence-electron chi connectivity index (χ4n) is 2.69. The Morgan fingerprint density at radius 1 is 1.24 bits per heavy atom. The first kappa shape index (κ1) is 13.8. The van der Waals surface area contributed by atoms with Crippen LogP contribution in [0.4, 0.5) is 5.95 Å². The molecule has 1 aromatic carbocycles. The van der Waals surface area contributed by atoms with Gasteiger partial charge in [0.05, 0.1) is 30.1 Å². The summed E-state index contributed by atoms with van der Waals surface area (Å²) in [4.78, 5) is 13.2. The van der Waals surface area contributed by atoms with Crippen molar-refractivity contribution >= 4 is 28.0 Å². The highest BCUT2D eigenvalue weighted by Gasteiger charge is 2.11. The predicted octanol–water partition coefficient (Wildman–Crippen LogP) is 1.95. The van der Waals surface area contributed by atoms with Crippen LogP contribution in [0.2, 0.25) is 0 Å². The second-order valence-electron chi connectivity index (χ2n) is 5.53. The monoisotopic (exact) mass is 335 g/mol. The lowest BCUT2D eigenvalue weighted by Crippen LogP contribution is -2.08. The highest BCUT2D eigenvalue weighted by atomic mass is 16.7. The third-order valence-electron chi connectivity index (χ3n) is 3.94. The zero-order valence-corrected chi connectivity index (χ0v) is 13.0. The first-order chi connectivity index (χ1) is 12.4. The van der Waals surface area contributed by atoms with Crippen molar-refractivity contribution < 1.29 is 9.47 Å². The summed E-state index contributed by atoms with van der Waals surface area (Å²) in [7, 11) is 0. The molecular weight excluding hydrogens is 322 g/mol. The van der Waals surface area contributed by atoms with E-state index < -0.39 is 0 Å². The highest BCUT2D eigenvalue weighted by molar-refractivity contribution is 5.81. The summed E-state index contributed by atoms with van der Waals surface area (Å²) in [5.74, 6) is 1.20. The normalized spacial score (nSPS) is 13.7. The summed E-state index contributed by atoms with van der Waals surface area (Å²) in [5, 5.41) is 11.2. The van der Waals surface area contributed by atoms with Crippen molar-refractivity contribution in [2.45, 2.75) is 0 Å². The van der Waals surface area contributed by atoms with Crippen LogP contribution in [-0.4, -0.2) is 43.1 Å². The molecule has 0 radical (unpaired) electrons. The summed E-state index contributed by atoms with van der Waals surface area (Å²) in [6.07, 6.45) is 6.79. The standard InChI is InChI=1S/C16H13N7O2/c1-2-11(3-13-10(1)4-20-22-13)23-8-19-14-6-18-16(21-15(14)23)17-5-12-7-24-9-25-12/h1-4,6-8H,5,9H2,(H,20,22)(H,17,18,21). The van der Waals surface area contributed by atoms with Crippen LogP contribution in [0.15, 0.2) is 48.9 Å². The molecule has 0 unspecified atom stereocenters. The van der Waals surface area contributed by atoms with E-state index in [2.05, 4.69) is 30.5 Å².